The Hall–Kier alpha value is -0.930. The molecule has 1 aromatic carbocycles. The Balaban J connectivity index is 1.93. The molecule has 1 fully saturated rings. The number of nitrogens with two attached hydrogens (primary N) is 1. The quantitative estimate of drug-likeness (QED) is 0.870. The highest BCUT2D eigenvalue weighted by Crippen LogP contribution is 2.19. The van der Waals surface area contributed by atoms with Gasteiger partial charge in [-0.15, -0.1) is 0 Å². The lowest BCUT2D eigenvalue weighted by Crippen LogP contribution is -2.35. The molecule has 17 heavy (non-hydrogen) atoms. The first-order valence-electron chi connectivity index (χ1n) is 6.30. The van der Waals surface area contributed by atoms with E-state index >= 15 is 0 Å². The van der Waals surface area contributed by atoms with Gasteiger partial charge in [0, 0.05) is 25.2 Å². The van der Waals surface area contributed by atoms with Gasteiger partial charge in [0.15, 0.2) is 0 Å². The fourth-order valence-electron chi connectivity index (χ4n) is 2.48. The molecule has 0 saturated carbocycles. The van der Waals surface area contributed by atoms with Crippen LogP contribution < -0.4 is 5.73 Å². The van der Waals surface area contributed by atoms with Gasteiger partial charge in [0.2, 0.25) is 0 Å². The molecule has 1 aliphatic rings. The van der Waals surface area contributed by atoms with Gasteiger partial charge in [-0.25, -0.2) is 4.39 Å². The molecule has 2 rings (SSSR count). The summed E-state index contributed by atoms with van der Waals surface area (Å²) in [5, 5.41) is 0. The van der Waals surface area contributed by atoms with Crippen molar-refractivity contribution in [3.8, 4) is 0 Å². The zero-order valence-electron chi connectivity index (χ0n) is 10.6. The Morgan fingerprint density at radius 2 is 2.00 bits per heavy atom. The van der Waals surface area contributed by atoms with Crippen LogP contribution in [0.25, 0.3) is 0 Å². The molecule has 1 saturated heterocycles. The van der Waals surface area contributed by atoms with Gasteiger partial charge in [-0.2, -0.15) is 0 Å². The SMILES string of the molecule is CC1CN(C(C)Cc2ccc(F)cc2)CC1N. The molecule has 1 heterocycles. The fourth-order valence-corrected chi connectivity index (χ4v) is 2.48. The predicted molar refractivity (Wildman–Crippen MR) is 68.3 cm³/mol. The van der Waals surface area contributed by atoms with E-state index in [1.165, 1.54) is 17.7 Å². The number of hydrogen-bond donors (Lipinski definition) is 1. The zero-order valence-corrected chi connectivity index (χ0v) is 10.6. The van der Waals surface area contributed by atoms with Gasteiger partial charge in [-0.05, 0) is 37.0 Å². The molecule has 0 spiro atoms. The number of nitrogens with zero attached hydrogens (tertiary/aromatic N) is 1. The average Bonchev–Trinajstić information content (AvgIpc) is 2.63. The molecule has 0 bridgehead atoms. The van der Waals surface area contributed by atoms with E-state index < -0.39 is 0 Å². The Labute approximate surface area is 103 Å². The standard InChI is InChI=1S/C14H21FN2/c1-10-8-17(9-14(10)16)11(2)7-12-3-5-13(15)6-4-12/h3-6,10-11,14H,7-9,16H2,1-2H3. The summed E-state index contributed by atoms with van der Waals surface area (Å²) in [5.41, 5.74) is 7.22. The summed E-state index contributed by atoms with van der Waals surface area (Å²) in [6.45, 7) is 6.47. The average molecular weight is 236 g/mol. The third-order valence-electron chi connectivity index (χ3n) is 3.77. The molecule has 3 unspecified atom stereocenters. The zero-order chi connectivity index (χ0) is 12.4. The number of rotatable bonds is 3. The van der Waals surface area contributed by atoms with Crippen molar-refractivity contribution in [2.75, 3.05) is 13.1 Å². The molecule has 1 aliphatic heterocycles. The van der Waals surface area contributed by atoms with Crippen molar-refractivity contribution in [3.05, 3.63) is 35.6 Å². The normalized spacial score (nSPS) is 27.3. The predicted octanol–water partition coefficient (Wildman–Crippen LogP) is 2.04. The Kier molecular flexibility index (Phi) is 3.79. The highest BCUT2D eigenvalue weighted by atomic mass is 19.1. The van der Waals surface area contributed by atoms with Crippen molar-refractivity contribution < 1.29 is 4.39 Å². The van der Waals surface area contributed by atoms with Crippen molar-refractivity contribution in [1.82, 2.24) is 4.90 Å². The number of hydrogen-bond acceptors (Lipinski definition) is 2. The van der Waals surface area contributed by atoms with E-state index in [1.807, 2.05) is 12.1 Å². The molecule has 0 aliphatic carbocycles. The van der Waals surface area contributed by atoms with Crippen molar-refractivity contribution in [3.63, 3.8) is 0 Å². The van der Waals surface area contributed by atoms with E-state index in [0.29, 0.717) is 18.0 Å². The van der Waals surface area contributed by atoms with Gasteiger partial charge in [0.1, 0.15) is 5.82 Å². The van der Waals surface area contributed by atoms with Crippen LogP contribution in [-0.2, 0) is 6.42 Å². The van der Waals surface area contributed by atoms with E-state index in [0.717, 1.165) is 19.5 Å². The van der Waals surface area contributed by atoms with Crippen molar-refractivity contribution >= 4 is 0 Å². The van der Waals surface area contributed by atoms with Crippen molar-refractivity contribution in [2.24, 2.45) is 11.7 Å². The maximum atomic E-state index is 12.8. The van der Waals surface area contributed by atoms with Gasteiger partial charge in [0.05, 0.1) is 0 Å². The number of likely N-dealkylation sites (tertiary alicyclic amines) is 1. The first-order valence-corrected chi connectivity index (χ1v) is 6.30. The second-order valence-electron chi connectivity index (χ2n) is 5.27. The van der Waals surface area contributed by atoms with Crippen LogP contribution in [0.5, 0.6) is 0 Å². The monoisotopic (exact) mass is 236 g/mol. The van der Waals surface area contributed by atoms with Crippen LogP contribution in [0.1, 0.15) is 19.4 Å². The van der Waals surface area contributed by atoms with E-state index in [-0.39, 0.29) is 5.82 Å². The van der Waals surface area contributed by atoms with Crippen LogP contribution >= 0.6 is 0 Å². The molecule has 2 N–H and O–H groups in total. The highest BCUT2D eigenvalue weighted by Gasteiger charge is 2.29. The molecule has 1 aromatic rings. The maximum Gasteiger partial charge on any atom is 0.123 e. The third-order valence-corrected chi connectivity index (χ3v) is 3.77. The van der Waals surface area contributed by atoms with Crippen molar-refractivity contribution in [2.45, 2.75) is 32.4 Å². The van der Waals surface area contributed by atoms with Crippen LogP contribution in [-0.4, -0.2) is 30.1 Å². The van der Waals surface area contributed by atoms with Gasteiger partial charge in [0.25, 0.3) is 0 Å². The summed E-state index contributed by atoms with van der Waals surface area (Å²) in [7, 11) is 0. The lowest BCUT2D eigenvalue weighted by Gasteiger charge is -2.24. The van der Waals surface area contributed by atoms with Gasteiger partial charge >= 0.3 is 0 Å². The minimum Gasteiger partial charge on any atom is -0.326 e. The Morgan fingerprint density at radius 1 is 1.35 bits per heavy atom. The maximum absolute atomic E-state index is 12.8. The lowest BCUT2D eigenvalue weighted by atomic mass is 10.1. The third kappa shape index (κ3) is 3.05. The Morgan fingerprint density at radius 3 is 2.53 bits per heavy atom. The van der Waals surface area contributed by atoms with E-state index in [2.05, 4.69) is 18.7 Å². The van der Waals surface area contributed by atoms with Gasteiger partial charge in [-0.3, -0.25) is 4.90 Å². The summed E-state index contributed by atoms with van der Waals surface area (Å²) in [6, 6.07) is 7.55. The largest absolute Gasteiger partial charge is 0.326 e. The first-order chi connectivity index (χ1) is 8.06. The number of benzene rings is 1. The second-order valence-corrected chi connectivity index (χ2v) is 5.27. The molecule has 94 valence electrons. The molecule has 3 atom stereocenters. The first kappa shape index (κ1) is 12.5. The Bertz CT molecular complexity index is 353. The number of halogens is 1. The van der Waals surface area contributed by atoms with Crippen LogP contribution in [0.2, 0.25) is 0 Å². The second kappa shape index (κ2) is 5.15. The summed E-state index contributed by atoms with van der Waals surface area (Å²) in [6.07, 6.45) is 0.958. The van der Waals surface area contributed by atoms with Crippen LogP contribution in [0.15, 0.2) is 24.3 Å². The van der Waals surface area contributed by atoms with Crippen LogP contribution in [0.3, 0.4) is 0 Å². The summed E-state index contributed by atoms with van der Waals surface area (Å²) < 4.78 is 12.8. The minimum atomic E-state index is -0.168. The molecule has 2 nitrogen and oxygen atoms in total. The van der Waals surface area contributed by atoms with E-state index in [1.54, 1.807) is 0 Å². The van der Waals surface area contributed by atoms with Crippen LogP contribution in [0.4, 0.5) is 4.39 Å². The van der Waals surface area contributed by atoms with Gasteiger partial charge < -0.3 is 5.73 Å². The fraction of sp³-hybridized carbons (Fsp3) is 0.571. The van der Waals surface area contributed by atoms with Crippen LogP contribution in [0, 0.1) is 11.7 Å². The molecular formula is C14H21FN2. The molecule has 0 aromatic heterocycles. The van der Waals surface area contributed by atoms with Crippen molar-refractivity contribution in [1.29, 1.82) is 0 Å². The molecule has 0 amide bonds. The van der Waals surface area contributed by atoms with E-state index in [4.69, 9.17) is 5.73 Å². The summed E-state index contributed by atoms with van der Waals surface area (Å²) in [4.78, 5) is 2.43. The smallest absolute Gasteiger partial charge is 0.123 e. The summed E-state index contributed by atoms with van der Waals surface area (Å²) >= 11 is 0. The minimum absolute atomic E-state index is 0.168. The van der Waals surface area contributed by atoms with E-state index in [9.17, 15) is 4.39 Å². The van der Waals surface area contributed by atoms with Gasteiger partial charge in [-0.1, -0.05) is 19.1 Å². The molecule has 0 radical (unpaired) electrons. The molecule has 3 heteroatoms. The lowest BCUT2D eigenvalue weighted by molar-refractivity contribution is 0.248. The summed E-state index contributed by atoms with van der Waals surface area (Å²) in [5.74, 6) is 0.406. The molecular weight excluding hydrogens is 215 g/mol. The topological polar surface area (TPSA) is 29.3 Å². The highest BCUT2D eigenvalue weighted by molar-refractivity contribution is 5.17.